The van der Waals surface area contributed by atoms with Crippen LogP contribution in [0.2, 0.25) is 5.02 Å². The van der Waals surface area contributed by atoms with Crippen LogP contribution < -0.4 is 9.04 Å². The molecule has 32 heavy (non-hydrogen) atoms. The lowest BCUT2D eigenvalue weighted by atomic mass is 10.2. The Balaban J connectivity index is 1.57. The molecule has 0 aromatic heterocycles. The van der Waals surface area contributed by atoms with Crippen LogP contribution in [0.4, 0.5) is 5.69 Å². The molecule has 1 unspecified atom stereocenters. The molecule has 0 spiro atoms. The van der Waals surface area contributed by atoms with Crippen molar-refractivity contribution in [1.29, 1.82) is 0 Å². The molecule has 4 rings (SSSR count). The molecule has 166 valence electrons. The Kier molecular flexibility index (Phi) is 6.39. The molecule has 1 amide bonds. The van der Waals surface area contributed by atoms with Gasteiger partial charge in [-0.05, 0) is 35.4 Å². The molecule has 1 atom stereocenters. The highest BCUT2D eigenvalue weighted by Crippen LogP contribution is 2.36. The molecule has 1 heterocycles. The van der Waals surface area contributed by atoms with E-state index in [-0.39, 0.29) is 18.2 Å². The van der Waals surface area contributed by atoms with Crippen molar-refractivity contribution in [3.63, 3.8) is 0 Å². The SMILES string of the molecule is CN(Cc1ccc(Cl)cc1)C(=O)C1CN(S(=O)(=O)Cc2ccccc2)c2ccccc2O1. The van der Waals surface area contributed by atoms with Gasteiger partial charge >= 0.3 is 0 Å². The van der Waals surface area contributed by atoms with Crippen LogP contribution in [-0.4, -0.2) is 38.9 Å². The average Bonchev–Trinajstić information content (AvgIpc) is 2.79. The van der Waals surface area contributed by atoms with Crippen LogP contribution in [0.3, 0.4) is 0 Å². The van der Waals surface area contributed by atoms with Crippen LogP contribution in [-0.2, 0) is 27.1 Å². The number of rotatable bonds is 6. The first kappa shape index (κ1) is 22.2. The Morgan fingerprint density at radius 3 is 2.38 bits per heavy atom. The minimum atomic E-state index is -3.74. The van der Waals surface area contributed by atoms with Gasteiger partial charge in [0.05, 0.1) is 18.0 Å². The minimum Gasteiger partial charge on any atom is -0.476 e. The van der Waals surface area contributed by atoms with Crippen LogP contribution in [0, 0.1) is 0 Å². The van der Waals surface area contributed by atoms with Crippen molar-refractivity contribution in [2.75, 3.05) is 17.9 Å². The number of benzene rings is 3. The molecule has 3 aromatic carbocycles. The van der Waals surface area contributed by atoms with Gasteiger partial charge in [-0.15, -0.1) is 0 Å². The maximum atomic E-state index is 13.3. The summed E-state index contributed by atoms with van der Waals surface area (Å²) in [7, 11) is -2.07. The van der Waals surface area contributed by atoms with Gasteiger partial charge in [0, 0.05) is 18.6 Å². The van der Waals surface area contributed by atoms with Gasteiger partial charge in [0.1, 0.15) is 5.75 Å². The summed E-state index contributed by atoms with van der Waals surface area (Å²) < 4.78 is 33.8. The first-order valence-corrected chi connectivity index (χ1v) is 12.1. The third-order valence-corrected chi connectivity index (χ3v) is 7.21. The van der Waals surface area contributed by atoms with Crippen molar-refractivity contribution in [3.05, 3.63) is 95.0 Å². The number of ether oxygens (including phenoxy) is 1. The van der Waals surface area contributed by atoms with Gasteiger partial charge in [0.15, 0.2) is 6.10 Å². The molecule has 3 aromatic rings. The maximum Gasteiger partial charge on any atom is 0.265 e. The second-order valence-electron chi connectivity index (χ2n) is 7.67. The lowest BCUT2D eigenvalue weighted by molar-refractivity contribution is -0.137. The van der Waals surface area contributed by atoms with E-state index in [1.54, 1.807) is 67.7 Å². The highest BCUT2D eigenvalue weighted by Gasteiger charge is 2.37. The Hall–Kier alpha value is -3.03. The van der Waals surface area contributed by atoms with E-state index in [0.29, 0.717) is 28.6 Å². The summed E-state index contributed by atoms with van der Waals surface area (Å²) in [6.07, 6.45) is -0.951. The van der Waals surface area contributed by atoms with Crippen molar-refractivity contribution in [3.8, 4) is 5.75 Å². The number of para-hydroxylation sites is 2. The third kappa shape index (κ3) is 4.89. The van der Waals surface area contributed by atoms with E-state index in [0.717, 1.165) is 5.56 Å². The molecule has 6 nitrogen and oxygen atoms in total. The number of amides is 1. The Bertz CT molecular complexity index is 1200. The van der Waals surface area contributed by atoms with Gasteiger partial charge in [-0.3, -0.25) is 9.10 Å². The number of hydrogen-bond acceptors (Lipinski definition) is 4. The lowest BCUT2D eigenvalue weighted by Crippen LogP contribution is -2.51. The van der Waals surface area contributed by atoms with E-state index >= 15 is 0 Å². The molecule has 0 aliphatic carbocycles. The van der Waals surface area contributed by atoms with E-state index in [9.17, 15) is 13.2 Å². The molecular formula is C24H23ClN2O4S. The van der Waals surface area contributed by atoms with Crippen molar-refractivity contribution < 1.29 is 17.9 Å². The van der Waals surface area contributed by atoms with Gasteiger partial charge in [0.2, 0.25) is 10.0 Å². The monoisotopic (exact) mass is 470 g/mol. The Labute approximate surface area is 193 Å². The summed E-state index contributed by atoms with van der Waals surface area (Å²) in [5.74, 6) is -0.0908. The predicted octanol–water partition coefficient (Wildman–Crippen LogP) is 4.10. The Morgan fingerprint density at radius 1 is 1.00 bits per heavy atom. The van der Waals surface area contributed by atoms with Crippen LogP contribution >= 0.6 is 11.6 Å². The van der Waals surface area contributed by atoms with Crippen LogP contribution in [0.25, 0.3) is 0 Å². The van der Waals surface area contributed by atoms with Gasteiger partial charge in [-0.2, -0.15) is 0 Å². The number of hydrogen-bond donors (Lipinski definition) is 0. The summed E-state index contributed by atoms with van der Waals surface area (Å²) in [6.45, 7) is 0.268. The van der Waals surface area contributed by atoms with Crippen molar-refractivity contribution in [2.45, 2.75) is 18.4 Å². The highest BCUT2D eigenvalue weighted by molar-refractivity contribution is 7.92. The van der Waals surface area contributed by atoms with Crippen LogP contribution in [0.1, 0.15) is 11.1 Å². The Morgan fingerprint density at radius 2 is 1.66 bits per heavy atom. The average molecular weight is 471 g/mol. The molecule has 0 saturated heterocycles. The minimum absolute atomic E-state index is 0.0873. The second-order valence-corrected chi connectivity index (χ2v) is 10.00. The number of nitrogens with zero attached hydrogens (tertiary/aromatic N) is 2. The smallest absolute Gasteiger partial charge is 0.265 e. The number of carbonyl (C=O) groups excluding carboxylic acids is 1. The zero-order valence-electron chi connectivity index (χ0n) is 17.5. The fourth-order valence-electron chi connectivity index (χ4n) is 3.64. The largest absolute Gasteiger partial charge is 0.476 e. The van der Waals surface area contributed by atoms with E-state index in [1.807, 2.05) is 18.2 Å². The normalized spacial score (nSPS) is 15.6. The molecule has 0 radical (unpaired) electrons. The first-order chi connectivity index (χ1) is 15.3. The quantitative estimate of drug-likeness (QED) is 0.544. The first-order valence-electron chi connectivity index (χ1n) is 10.1. The van der Waals surface area contributed by atoms with Gasteiger partial charge < -0.3 is 9.64 Å². The number of likely N-dealkylation sites (N-methyl/N-ethyl adjacent to an activating group) is 1. The zero-order chi connectivity index (χ0) is 22.7. The standard InChI is InChI=1S/C24H23ClN2O4S/c1-26(15-18-11-13-20(25)14-12-18)24(28)23-16-27(21-9-5-6-10-22(21)31-23)32(29,30)17-19-7-3-2-4-8-19/h2-14,23H,15-17H2,1H3. The number of fused-ring (bicyclic) bond motifs is 1. The summed E-state index contributed by atoms with van der Waals surface area (Å²) in [5, 5.41) is 0.620. The lowest BCUT2D eigenvalue weighted by Gasteiger charge is -2.36. The molecule has 1 aliphatic rings. The molecule has 0 fully saturated rings. The van der Waals surface area contributed by atoms with Crippen molar-refractivity contribution in [2.24, 2.45) is 0 Å². The third-order valence-electron chi connectivity index (χ3n) is 5.25. The van der Waals surface area contributed by atoms with Crippen molar-refractivity contribution >= 4 is 33.2 Å². The fraction of sp³-hybridized carbons (Fsp3) is 0.208. The van der Waals surface area contributed by atoms with Gasteiger partial charge in [-0.25, -0.2) is 8.42 Å². The van der Waals surface area contributed by atoms with E-state index in [2.05, 4.69) is 0 Å². The predicted molar refractivity (Wildman–Crippen MR) is 125 cm³/mol. The molecule has 8 heteroatoms. The van der Waals surface area contributed by atoms with E-state index < -0.39 is 16.1 Å². The van der Waals surface area contributed by atoms with Crippen LogP contribution in [0.5, 0.6) is 5.75 Å². The summed E-state index contributed by atoms with van der Waals surface area (Å²) in [6, 6.07) is 23.1. The maximum absolute atomic E-state index is 13.3. The molecule has 0 saturated carbocycles. The summed E-state index contributed by atoms with van der Waals surface area (Å²) in [5.41, 5.74) is 2.03. The highest BCUT2D eigenvalue weighted by atomic mass is 35.5. The van der Waals surface area contributed by atoms with E-state index in [4.69, 9.17) is 16.3 Å². The zero-order valence-corrected chi connectivity index (χ0v) is 19.1. The van der Waals surface area contributed by atoms with Gasteiger partial charge in [-0.1, -0.05) is 66.2 Å². The number of anilines is 1. The molecule has 1 aliphatic heterocycles. The molecule has 0 bridgehead atoms. The number of sulfonamides is 1. The number of carbonyl (C=O) groups is 1. The topological polar surface area (TPSA) is 66.9 Å². The summed E-state index contributed by atoms with van der Waals surface area (Å²) in [4.78, 5) is 14.7. The van der Waals surface area contributed by atoms with Crippen molar-refractivity contribution in [1.82, 2.24) is 4.90 Å². The van der Waals surface area contributed by atoms with E-state index in [1.165, 1.54) is 9.21 Å². The molecular weight excluding hydrogens is 448 g/mol. The van der Waals surface area contributed by atoms with Gasteiger partial charge in [0.25, 0.3) is 5.91 Å². The van der Waals surface area contributed by atoms with Crippen LogP contribution in [0.15, 0.2) is 78.9 Å². The fourth-order valence-corrected chi connectivity index (χ4v) is 5.35. The number of halogens is 1. The summed E-state index contributed by atoms with van der Waals surface area (Å²) >= 11 is 5.93. The second kappa shape index (κ2) is 9.22. The molecule has 0 N–H and O–H groups in total.